The number of hydrogen-bond donors (Lipinski definition) is 10. The molecule has 0 unspecified atom stereocenters. The van der Waals surface area contributed by atoms with Crippen molar-refractivity contribution in [1.29, 1.82) is 0 Å². The molecule has 3 fully saturated rings. The molecule has 12 atom stereocenters. The number of hydrogen-bond acceptors (Lipinski definition) is 27. The number of ether oxygens (including phenoxy) is 8. The first-order valence-corrected chi connectivity index (χ1v) is 42.5. The van der Waals surface area contributed by atoms with Crippen LogP contribution in [0.2, 0.25) is 0 Å². The third kappa shape index (κ3) is 23.5. The zero-order valence-corrected chi connectivity index (χ0v) is 60.1. The lowest BCUT2D eigenvalue weighted by molar-refractivity contribution is -0.0353. The van der Waals surface area contributed by atoms with Crippen molar-refractivity contribution in [3.63, 3.8) is 0 Å². The molecular formula is C63H109N16O14P3. The van der Waals surface area contributed by atoms with E-state index >= 15 is 0 Å². The number of rotatable bonds is 39. The lowest BCUT2D eigenvalue weighted by atomic mass is 10.1. The van der Waals surface area contributed by atoms with E-state index in [1.54, 1.807) is 32.7 Å². The zero-order chi connectivity index (χ0) is 69.4. The summed E-state index contributed by atoms with van der Waals surface area (Å²) in [5, 5.41) is 73.0. The van der Waals surface area contributed by atoms with E-state index in [2.05, 4.69) is 134 Å². The summed E-state index contributed by atoms with van der Waals surface area (Å²) >= 11 is 0. The van der Waals surface area contributed by atoms with E-state index in [-0.39, 0.29) is 0 Å². The van der Waals surface area contributed by atoms with Gasteiger partial charge in [-0.1, -0.05) is 20.3 Å². The quantitative estimate of drug-likeness (QED) is 0.0193. The second-order valence-electron chi connectivity index (χ2n) is 26.3. The predicted octanol–water partition coefficient (Wildman–Crippen LogP) is 3.90. The Kier molecular flexibility index (Phi) is 31.8. The minimum atomic E-state index is -1.27. The van der Waals surface area contributed by atoms with Gasteiger partial charge in [-0.3, -0.25) is 13.7 Å². The molecule has 0 spiro atoms. The molecule has 6 aromatic rings. The molecule has 6 aromatic heterocycles. The Morgan fingerprint density at radius 1 is 0.417 bits per heavy atom. The summed E-state index contributed by atoms with van der Waals surface area (Å²) in [5.74, 6) is 1.91. The maximum atomic E-state index is 10.7. The van der Waals surface area contributed by atoms with Crippen LogP contribution in [0.4, 0.5) is 17.5 Å². The Bertz CT molecular complexity index is 3410. The van der Waals surface area contributed by atoms with Gasteiger partial charge in [-0.05, 0) is 110 Å². The molecule has 11 N–H and O–H groups in total. The molecule has 3 aliphatic rings. The van der Waals surface area contributed by atoms with Crippen molar-refractivity contribution in [3.05, 3.63) is 38.0 Å². The van der Waals surface area contributed by atoms with Crippen LogP contribution in [-0.4, -0.2) is 314 Å². The van der Waals surface area contributed by atoms with Crippen LogP contribution in [0.3, 0.4) is 0 Å². The summed E-state index contributed by atoms with van der Waals surface area (Å²) in [6.45, 7) is 21.6. The highest BCUT2D eigenvalue weighted by Crippen LogP contribution is 2.43. The number of nitrogens with two attached hydrogens (primary N) is 1. The number of unbranched alkanes of at least 4 members (excludes halogenated alkanes) is 1. The van der Waals surface area contributed by atoms with Gasteiger partial charge in [0, 0.05) is 32.8 Å². The number of aliphatic hydroxyl groups excluding tert-OH is 6. The normalized spacial score (nSPS) is 23.8. The molecule has 3 saturated heterocycles. The van der Waals surface area contributed by atoms with E-state index in [0.717, 1.165) is 63.7 Å². The molecule has 0 bridgehead atoms. The van der Waals surface area contributed by atoms with Crippen molar-refractivity contribution in [3.8, 4) is 0 Å². The van der Waals surface area contributed by atoms with Gasteiger partial charge < -0.3 is 90.2 Å². The Morgan fingerprint density at radius 3 is 1.02 bits per heavy atom. The van der Waals surface area contributed by atoms with E-state index in [1.807, 2.05) is 0 Å². The maximum absolute atomic E-state index is 10.7. The summed E-state index contributed by atoms with van der Waals surface area (Å²) in [6.07, 6.45) is 21.5. The van der Waals surface area contributed by atoms with Gasteiger partial charge >= 0.3 is 0 Å². The van der Waals surface area contributed by atoms with E-state index in [9.17, 15) is 30.6 Å². The van der Waals surface area contributed by atoms with Gasteiger partial charge in [-0.15, -0.1) is 39.6 Å². The van der Waals surface area contributed by atoms with E-state index < -0.39 is 94.3 Å². The first-order valence-electron chi connectivity index (χ1n) is 33.3. The molecule has 0 amide bonds. The second kappa shape index (κ2) is 38.8. The van der Waals surface area contributed by atoms with Crippen molar-refractivity contribution in [2.24, 2.45) is 5.73 Å². The van der Waals surface area contributed by atoms with Gasteiger partial charge in [0.15, 0.2) is 69.6 Å². The predicted molar refractivity (Wildman–Crippen MR) is 383 cm³/mol. The highest BCUT2D eigenvalue weighted by atomic mass is 31.2. The molecule has 96 heavy (non-hydrogen) atoms. The van der Waals surface area contributed by atoms with Crippen LogP contribution in [0.5, 0.6) is 0 Å². The number of fused-ring (bicyclic) bond motifs is 3. The first kappa shape index (κ1) is 78.7. The van der Waals surface area contributed by atoms with Crippen LogP contribution in [0.25, 0.3) is 33.5 Å². The van der Waals surface area contributed by atoms with Gasteiger partial charge in [0.05, 0.1) is 90.1 Å². The fourth-order valence-electron chi connectivity index (χ4n) is 10.7. The van der Waals surface area contributed by atoms with Gasteiger partial charge in [0.2, 0.25) is 0 Å². The molecule has 0 aliphatic carbocycles. The smallest absolute Gasteiger partial charge is 0.167 e. The molecule has 3 aliphatic heterocycles. The minimum absolute atomic E-state index is 0.423. The monoisotopic (exact) mass is 1410 g/mol. The number of nitrogens with zero attached hydrogens (tertiary/aromatic N) is 12. The lowest BCUT2D eigenvalue weighted by Gasteiger charge is -2.18. The lowest BCUT2D eigenvalue weighted by Crippen LogP contribution is -2.31. The van der Waals surface area contributed by atoms with Crippen LogP contribution in [-0.2, 0) is 37.9 Å². The molecule has 0 saturated carbocycles. The van der Waals surface area contributed by atoms with Gasteiger partial charge in [-0.2, -0.15) is 0 Å². The fourth-order valence-corrected chi connectivity index (χ4v) is 13.6. The number of nitrogens with one attached hydrogen (secondary N) is 3. The minimum Gasteiger partial charge on any atom is -0.388 e. The summed E-state index contributed by atoms with van der Waals surface area (Å²) in [4.78, 5) is 39.1. The van der Waals surface area contributed by atoms with Gasteiger partial charge in [-0.25, -0.2) is 44.9 Å². The van der Waals surface area contributed by atoms with Crippen molar-refractivity contribution in [1.82, 2.24) is 58.6 Å². The Balaban J connectivity index is 0.000000213. The average Bonchev–Trinajstić information content (AvgIpc) is 1.64. The molecule has 9 heterocycles. The first-order chi connectivity index (χ1) is 45.9. The highest BCUT2D eigenvalue weighted by Gasteiger charge is 2.47. The van der Waals surface area contributed by atoms with Crippen molar-refractivity contribution in [2.75, 3.05) is 167 Å². The maximum Gasteiger partial charge on any atom is 0.167 e. The van der Waals surface area contributed by atoms with Crippen LogP contribution >= 0.6 is 20.7 Å². The summed E-state index contributed by atoms with van der Waals surface area (Å²) in [7, 11) is 0. The number of anilines is 3. The zero-order valence-electron chi connectivity index (χ0n) is 57.4. The molecule has 30 nitrogen and oxygen atoms in total. The number of imidazole rings is 3. The Labute approximate surface area is 564 Å². The molecular weight excluding hydrogens is 1300 g/mol. The summed E-state index contributed by atoms with van der Waals surface area (Å²) in [6, 6.07) is 0. The molecule has 540 valence electrons. The molecule has 0 radical (unpaired) electrons. The summed E-state index contributed by atoms with van der Waals surface area (Å²) in [5.41, 5.74) is 8.89. The molecule has 9 rings (SSSR count). The molecule has 0 aromatic carbocycles. The largest absolute Gasteiger partial charge is 0.388 e. The topological polar surface area (TPSA) is 388 Å². The molecule has 33 heteroatoms. The third-order valence-corrected chi connectivity index (χ3v) is 20.5. The van der Waals surface area contributed by atoms with E-state index in [4.69, 9.17) is 43.6 Å². The fraction of sp³-hybridized carbons (Fsp3) is 0.714. The number of aliphatic hydroxyl groups is 6. The van der Waals surface area contributed by atoms with E-state index in [0.29, 0.717) is 149 Å². The highest BCUT2D eigenvalue weighted by molar-refractivity contribution is 7.72. The second-order valence-corrected chi connectivity index (χ2v) is 39.3. The third-order valence-electron chi connectivity index (χ3n) is 16.1. The van der Waals surface area contributed by atoms with E-state index in [1.165, 1.54) is 19.0 Å². The SMILES string of the molecule is C=P(C)(C)CC[C@H]1O[C@@H](n2cnc3c(NCCC)ncnc32)[C@H](O)[C@@H]1O.C=P(C)(C)CC[C@H]1O[C@@H](n2cnc3c(NCCCC)ncnc32)[C@H](O)[C@@H]1O.C=P(C)(C)CC[C@H]1O[C@@H](n2cnc3c(NCCCOCCOCCOCCOCCOCCCN)ncnc32)[C@H](O)[C@@H]1O. The van der Waals surface area contributed by atoms with Crippen LogP contribution in [0.15, 0.2) is 38.0 Å². The summed E-state index contributed by atoms with van der Waals surface area (Å²) < 4.78 is 50.5. The Morgan fingerprint density at radius 2 is 0.719 bits per heavy atom. The standard InChI is InChI=1S/C28H51N6O8P.C18H30N5O3P.C17H28N5O3P/c1-43(2,3)19-6-22-24(35)25(36)28(42-22)34-21-33-23-26(31-20-32-27(23)34)30-8-5-10-38-12-14-40-16-18-41-17-15-39-13-11-37-9-4-7-29;1-5-6-8-19-16-13-17(21-10-20-16)23(11-22-13)18-15(25)14(24)12(26-18)7-9-27(2,3)4;1-5-7-18-15-12-16(20-9-19-15)22(10-21-12)17-14(24)13(23)11(25-17)6-8-26(2,3)4/h20-22,24-25,28,35-36H,1,4-19,29H2,2-3H3,(H,30,31,32);10-12,14-15,18,24-25H,2,5-9H2,1,3-4H3,(H,19,20,21);9-11,13-14,17,23-24H,2,5-8H2,1,3-4H3,(H,18,19,20)/t22-,24-,25-,28-;12-,14-,15-,18-;11-,13-,14-,17-/m111/s1. The van der Waals surface area contributed by atoms with Crippen molar-refractivity contribution in [2.45, 2.75) is 139 Å². The van der Waals surface area contributed by atoms with Crippen molar-refractivity contribution < 1.29 is 68.5 Å². The van der Waals surface area contributed by atoms with Crippen LogP contribution in [0.1, 0.15) is 83.9 Å². The van der Waals surface area contributed by atoms with Gasteiger partial charge in [0.25, 0.3) is 0 Å². The van der Waals surface area contributed by atoms with Crippen LogP contribution in [0, 0.1) is 0 Å². The average molecular weight is 1410 g/mol. The van der Waals surface area contributed by atoms with Crippen molar-refractivity contribution >= 4 is 90.5 Å². The van der Waals surface area contributed by atoms with Crippen LogP contribution < -0.4 is 21.7 Å². The van der Waals surface area contributed by atoms with Gasteiger partial charge in [0.1, 0.15) is 55.6 Å². The Hall–Kier alpha value is -4.65. The number of aromatic nitrogens is 12.